The molecule has 1 heterocycles. The smallest absolute Gasteiger partial charge is 0.253 e. The van der Waals surface area contributed by atoms with Gasteiger partial charge in [0.15, 0.2) is 0 Å². The predicted molar refractivity (Wildman–Crippen MR) is 49.9 cm³/mol. The lowest BCUT2D eigenvalue weighted by Gasteiger charge is -2.30. The highest BCUT2D eigenvalue weighted by Crippen LogP contribution is 2.18. The van der Waals surface area contributed by atoms with Crippen LogP contribution in [0.1, 0.15) is 19.8 Å². The number of likely N-dealkylation sites (tertiary alicyclic amines) is 1. The number of hydrogen-bond acceptors (Lipinski definition) is 4. The molecule has 1 amide bonds. The lowest BCUT2D eigenvalue weighted by atomic mass is 9.93. The van der Waals surface area contributed by atoms with E-state index >= 15 is 0 Å². The van der Waals surface area contributed by atoms with E-state index in [-0.39, 0.29) is 11.6 Å². The Morgan fingerprint density at radius 1 is 1.79 bits per heavy atom. The van der Waals surface area contributed by atoms with Crippen LogP contribution in [0.25, 0.3) is 0 Å². The zero-order valence-corrected chi connectivity index (χ0v) is 8.06. The van der Waals surface area contributed by atoms with Crippen LogP contribution >= 0.6 is 0 Å². The number of piperidine rings is 1. The summed E-state index contributed by atoms with van der Waals surface area (Å²) in [5.41, 5.74) is -0.187. The van der Waals surface area contributed by atoms with Crippen molar-refractivity contribution in [2.75, 3.05) is 13.1 Å². The molecule has 0 saturated carbocycles. The van der Waals surface area contributed by atoms with E-state index in [0.717, 1.165) is 6.42 Å². The van der Waals surface area contributed by atoms with Crippen LogP contribution in [-0.4, -0.2) is 41.1 Å². The van der Waals surface area contributed by atoms with Gasteiger partial charge in [-0.15, -0.1) is 0 Å². The summed E-state index contributed by atoms with van der Waals surface area (Å²) in [5.74, 6) is -0.749. The molecule has 1 atom stereocenters. The van der Waals surface area contributed by atoms with Gasteiger partial charge in [-0.3, -0.25) is 9.59 Å². The fourth-order valence-corrected chi connectivity index (χ4v) is 1.67. The average Bonchev–Trinajstić information content (AvgIpc) is 2.22. The summed E-state index contributed by atoms with van der Waals surface area (Å²) in [7, 11) is 0. The van der Waals surface area contributed by atoms with Gasteiger partial charge in [0.25, 0.3) is 6.29 Å². The minimum atomic E-state index is -0.605. The van der Waals surface area contributed by atoms with Crippen molar-refractivity contribution in [3.63, 3.8) is 0 Å². The van der Waals surface area contributed by atoms with Crippen LogP contribution in [0.5, 0.6) is 0 Å². The molecule has 1 rings (SSSR count). The maximum absolute atomic E-state index is 11.7. The number of carbonyl (C=O) groups excluding carboxylic acids is 2. The van der Waals surface area contributed by atoms with Crippen molar-refractivity contribution in [3.05, 3.63) is 0 Å². The van der Waals surface area contributed by atoms with Crippen LogP contribution in [-0.2, 0) is 9.59 Å². The summed E-state index contributed by atoms with van der Waals surface area (Å²) in [4.78, 5) is 23.7. The van der Waals surface area contributed by atoms with Crippen LogP contribution in [0.3, 0.4) is 0 Å². The normalized spacial score (nSPS) is 23.8. The van der Waals surface area contributed by atoms with Gasteiger partial charge in [0.1, 0.15) is 5.71 Å². The summed E-state index contributed by atoms with van der Waals surface area (Å²) in [5, 5.41) is 11.3. The van der Waals surface area contributed by atoms with E-state index < -0.39 is 5.92 Å². The van der Waals surface area contributed by atoms with Gasteiger partial charge in [0.05, 0.1) is 5.92 Å². The molecule has 1 aliphatic heterocycles. The van der Waals surface area contributed by atoms with Gasteiger partial charge < -0.3 is 10.1 Å². The van der Waals surface area contributed by atoms with Crippen LogP contribution in [0.15, 0.2) is 5.16 Å². The Balaban J connectivity index is 2.78. The molecule has 1 unspecified atom stereocenters. The first-order valence-corrected chi connectivity index (χ1v) is 4.63. The second-order valence-electron chi connectivity index (χ2n) is 3.20. The molecule has 0 aromatic carbocycles. The van der Waals surface area contributed by atoms with Gasteiger partial charge in [-0.2, -0.15) is 0 Å². The summed E-state index contributed by atoms with van der Waals surface area (Å²) >= 11 is 0. The topological polar surface area (TPSA) is 70.0 Å². The molecule has 0 aromatic heterocycles. The van der Waals surface area contributed by atoms with E-state index in [1.165, 1.54) is 6.29 Å². The van der Waals surface area contributed by atoms with Gasteiger partial charge in [-0.05, 0) is 19.8 Å². The Bertz CT molecular complexity index is 263. The van der Waals surface area contributed by atoms with Gasteiger partial charge in [0, 0.05) is 13.1 Å². The van der Waals surface area contributed by atoms with Crippen molar-refractivity contribution in [2.45, 2.75) is 19.8 Å². The van der Waals surface area contributed by atoms with E-state index in [1.807, 2.05) is 6.92 Å². The predicted octanol–water partition coefficient (Wildman–Crippen LogP) is 0.185. The summed E-state index contributed by atoms with van der Waals surface area (Å²) in [6, 6.07) is 0. The highest BCUT2D eigenvalue weighted by molar-refractivity contribution is 6.34. The first-order chi connectivity index (χ1) is 6.74. The average molecular weight is 197 g/mol. The molecule has 0 bridgehead atoms. The number of rotatable bonds is 3. The molecule has 5 nitrogen and oxygen atoms in total. The SMILES string of the molecule is CCN1CCCC(C([C]=O)=NO)C1=O. The number of amides is 1. The fraction of sp³-hybridized carbons (Fsp3) is 0.667. The second-order valence-corrected chi connectivity index (χ2v) is 3.20. The standard InChI is InChI=1S/C9H13N2O3/c1-2-11-5-3-4-7(9(11)13)8(6-12)10-14/h7,14H,2-5H2,1H3. The second kappa shape index (κ2) is 4.74. The van der Waals surface area contributed by atoms with Gasteiger partial charge >= 0.3 is 0 Å². The van der Waals surface area contributed by atoms with E-state index in [0.29, 0.717) is 19.5 Å². The third-order valence-corrected chi connectivity index (χ3v) is 2.45. The van der Waals surface area contributed by atoms with Crippen molar-refractivity contribution in [1.82, 2.24) is 4.90 Å². The first kappa shape index (κ1) is 10.7. The van der Waals surface area contributed by atoms with Crippen molar-refractivity contribution < 1.29 is 14.8 Å². The molecule has 1 N–H and O–H groups in total. The number of nitrogens with zero attached hydrogens (tertiary/aromatic N) is 2. The summed E-state index contributed by atoms with van der Waals surface area (Å²) < 4.78 is 0. The minimum Gasteiger partial charge on any atom is -0.411 e. The number of oxime groups is 1. The molecule has 14 heavy (non-hydrogen) atoms. The van der Waals surface area contributed by atoms with Crippen LogP contribution in [0, 0.1) is 5.92 Å². The maximum atomic E-state index is 11.7. The Morgan fingerprint density at radius 2 is 2.50 bits per heavy atom. The maximum Gasteiger partial charge on any atom is 0.253 e. The molecule has 0 aliphatic carbocycles. The molecule has 1 fully saturated rings. The lowest BCUT2D eigenvalue weighted by Crippen LogP contribution is -2.44. The van der Waals surface area contributed by atoms with Crippen LogP contribution in [0.4, 0.5) is 0 Å². The zero-order valence-electron chi connectivity index (χ0n) is 8.06. The van der Waals surface area contributed by atoms with Crippen molar-refractivity contribution >= 4 is 17.9 Å². The van der Waals surface area contributed by atoms with Gasteiger partial charge in [-0.1, -0.05) is 5.16 Å². The molecule has 1 saturated heterocycles. The van der Waals surface area contributed by atoms with Gasteiger partial charge in [0.2, 0.25) is 5.91 Å². The summed E-state index contributed by atoms with van der Waals surface area (Å²) in [6.45, 7) is 3.21. The highest BCUT2D eigenvalue weighted by Gasteiger charge is 2.32. The minimum absolute atomic E-state index is 0.144. The van der Waals surface area contributed by atoms with E-state index in [2.05, 4.69) is 5.16 Å². The molecular weight excluding hydrogens is 184 g/mol. The fourth-order valence-electron chi connectivity index (χ4n) is 1.67. The number of hydrogen-bond donors (Lipinski definition) is 1. The monoisotopic (exact) mass is 197 g/mol. The Labute approximate surface area is 82.4 Å². The van der Waals surface area contributed by atoms with Crippen molar-refractivity contribution in [3.8, 4) is 0 Å². The van der Waals surface area contributed by atoms with Crippen molar-refractivity contribution in [2.24, 2.45) is 11.1 Å². The van der Waals surface area contributed by atoms with E-state index in [4.69, 9.17) is 5.21 Å². The van der Waals surface area contributed by atoms with Crippen LogP contribution in [0.2, 0.25) is 0 Å². The first-order valence-electron chi connectivity index (χ1n) is 4.63. The Hall–Kier alpha value is -1.39. The van der Waals surface area contributed by atoms with Crippen LogP contribution < -0.4 is 0 Å². The largest absolute Gasteiger partial charge is 0.411 e. The molecule has 5 heteroatoms. The third-order valence-electron chi connectivity index (χ3n) is 2.45. The molecule has 0 aromatic rings. The van der Waals surface area contributed by atoms with Gasteiger partial charge in [-0.25, -0.2) is 0 Å². The molecular formula is C9H13N2O3. The highest BCUT2D eigenvalue weighted by atomic mass is 16.4. The molecule has 77 valence electrons. The van der Waals surface area contributed by atoms with Crippen molar-refractivity contribution in [1.29, 1.82) is 0 Å². The third kappa shape index (κ3) is 1.92. The quantitative estimate of drug-likeness (QED) is 0.398. The van der Waals surface area contributed by atoms with E-state index in [1.54, 1.807) is 4.90 Å². The van der Waals surface area contributed by atoms with E-state index in [9.17, 15) is 9.59 Å². The Morgan fingerprint density at radius 3 is 3.00 bits per heavy atom. The summed E-state index contributed by atoms with van der Waals surface area (Å²) in [6.07, 6.45) is 2.88. The molecule has 1 radical (unpaired) electrons. The molecule has 1 aliphatic rings. The molecule has 0 spiro atoms. The lowest BCUT2D eigenvalue weighted by molar-refractivity contribution is -0.135. The zero-order chi connectivity index (χ0) is 10.6. The number of carbonyl (C=O) groups is 1. The Kier molecular flexibility index (Phi) is 3.62.